The summed E-state index contributed by atoms with van der Waals surface area (Å²) in [6.07, 6.45) is 3.52. The lowest BCUT2D eigenvalue weighted by molar-refractivity contribution is 0.387. The van der Waals surface area contributed by atoms with Crippen molar-refractivity contribution in [1.82, 2.24) is 13.9 Å². The van der Waals surface area contributed by atoms with E-state index in [-0.39, 0.29) is 17.0 Å². The zero-order valence-electron chi connectivity index (χ0n) is 12.9. The summed E-state index contributed by atoms with van der Waals surface area (Å²) in [5.41, 5.74) is 1.68. The maximum atomic E-state index is 12.7. The summed E-state index contributed by atoms with van der Waals surface area (Å²) in [5, 5.41) is 0. The van der Waals surface area contributed by atoms with Crippen molar-refractivity contribution in [2.24, 2.45) is 7.05 Å². The number of rotatable bonds is 3. The van der Waals surface area contributed by atoms with Gasteiger partial charge in [0.15, 0.2) is 0 Å². The molecule has 0 amide bonds. The number of aryl methyl sites for hydroxylation is 1. The van der Waals surface area contributed by atoms with Gasteiger partial charge in [-0.2, -0.15) is 4.31 Å². The van der Waals surface area contributed by atoms with Gasteiger partial charge >= 0.3 is 0 Å². The molecule has 0 aliphatic carbocycles. The summed E-state index contributed by atoms with van der Waals surface area (Å²) < 4.78 is 33.3. The van der Waals surface area contributed by atoms with Gasteiger partial charge < -0.3 is 9.30 Å². The van der Waals surface area contributed by atoms with Crippen molar-refractivity contribution in [3.05, 3.63) is 52.1 Å². The van der Waals surface area contributed by atoms with Crippen molar-refractivity contribution in [2.75, 3.05) is 13.7 Å². The number of sulfonamides is 1. The van der Waals surface area contributed by atoms with Gasteiger partial charge in [0.25, 0.3) is 5.56 Å². The van der Waals surface area contributed by atoms with Gasteiger partial charge in [-0.1, -0.05) is 0 Å². The Hall–Kier alpha value is -2.19. The first-order valence-corrected chi connectivity index (χ1v) is 8.54. The van der Waals surface area contributed by atoms with Crippen molar-refractivity contribution >= 4 is 10.0 Å². The molecule has 0 fully saturated rings. The maximum Gasteiger partial charge on any atom is 0.250 e. The number of hydrogen-bond donors (Lipinski definition) is 0. The highest BCUT2D eigenvalue weighted by molar-refractivity contribution is 7.89. The van der Waals surface area contributed by atoms with Gasteiger partial charge in [0, 0.05) is 38.5 Å². The minimum Gasteiger partial charge on any atom is -0.481 e. The van der Waals surface area contributed by atoms with Crippen molar-refractivity contribution in [3.8, 4) is 5.88 Å². The summed E-state index contributed by atoms with van der Waals surface area (Å²) in [6, 6.07) is 4.58. The van der Waals surface area contributed by atoms with Crippen LogP contribution in [0.4, 0.5) is 0 Å². The first-order valence-electron chi connectivity index (χ1n) is 7.10. The molecule has 0 saturated carbocycles. The zero-order valence-corrected chi connectivity index (χ0v) is 13.7. The van der Waals surface area contributed by atoms with Gasteiger partial charge in [-0.15, -0.1) is 0 Å². The van der Waals surface area contributed by atoms with E-state index in [2.05, 4.69) is 4.98 Å². The standard InChI is InChI=1S/C15H17N3O4S/c1-17-9-12-10-18(6-5-11(12)7-15(17)19)23(20,21)13-3-4-14(22-2)16-8-13/h3-4,7-9H,5-6,10H2,1-2H3. The fraction of sp³-hybridized carbons (Fsp3) is 0.333. The monoisotopic (exact) mass is 335 g/mol. The molecule has 2 aromatic rings. The molecule has 0 saturated heterocycles. The van der Waals surface area contributed by atoms with E-state index in [4.69, 9.17) is 4.74 Å². The van der Waals surface area contributed by atoms with Crippen molar-refractivity contribution in [1.29, 1.82) is 0 Å². The van der Waals surface area contributed by atoms with Gasteiger partial charge in [0.05, 0.1) is 13.3 Å². The van der Waals surface area contributed by atoms with Crippen LogP contribution in [0.5, 0.6) is 5.88 Å². The molecule has 23 heavy (non-hydrogen) atoms. The second-order valence-corrected chi connectivity index (χ2v) is 7.34. The van der Waals surface area contributed by atoms with Gasteiger partial charge in [-0.25, -0.2) is 13.4 Å². The summed E-state index contributed by atoms with van der Waals surface area (Å²) in [7, 11) is -0.494. The van der Waals surface area contributed by atoms with Gasteiger partial charge in [0.1, 0.15) is 4.90 Å². The second-order valence-electron chi connectivity index (χ2n) is 5.40. The van der Waals surface area contributed by atoms with E-state index < -0.39 is 10.0 Å². The average Bonchev–Trinajstić information content (AvgIpc) is 2.55. The molecule has 0 aromatic carbocycles. The number of methoxy groups -OCH3 is 1. The van der Waals surface area contributed by atoms with Crippen LogP contribution < -0.4 is 10.3 Å². The molecule has 0 unspecified atom stereocenters. The number of pyridine rings is 2. The predicted molar refractivity (Wildman–Crippen MR) is 83.8 cm³/mol. The molecule has 7 nitrogen and oxygen atoms in total. The Morgan fingerprint density at radius 2 is 2.04 bits per heavy atom. The molecule has 0 N–H and O–H groups in total. The predicted octanol–water partition coefficient (Wildman–Crippen LogP) is 0.536. The zero-order chi connectivity index (χ0) is 16.6. The Morgan fingerprint density at radius 3 is 2.70 bits per heavy atom. The highest BCUT2D eigenvalue weighted by atomic mass is 32.2. The molecule has 3 rings (SSSR count). The number of nitrogens with zero attached hydrogens (tertiary/aromatic N) is 3. The summed E-state index contributed by atoms with van der Waals surface area (Å²) >= 11 is 0. The van der Waals surface area contributed by atoms with Crippen LogP contribution in [0.25, 0.3) is 0 Å². The lowest BCUT2D eigenvalue weighted by atomic mass is 10.0. The van der Waals surface area contributed by atoms with Crippen LogP contribution in [0.15, 0.2) is 40.3 Å². The van der Waals surface area contributed by atoms with E-state index in [1.165, 1.54) is 34.3 Å². The molecule has 0 bridgehead atoms. The van der Waals surface area contributed by atoms with E-state index in [0.29, 0.717) is 18.8 Å². The molecule has 0 radical (unpaired) electrons. The minimum absolute atomic E-state index is 0.0839. The largest absolute Gasteiger partial charge is 0.481 e. The maximum absolute atomic E-state index is 12.7. The minimum atomic E-state index is -3.62. The lowest BCUT2D eigenvalue weighted by Gasteiger charge is -2.28. The topological polar surface area (TPSA) is 81.5 Å². The molecule has 1 aliphatic heterocycles. The summed E-state index contributed by atoms with van der Waals surface area (Å²) in [6.45, 7) is 0.590. The number of fused-ring (bicyclic) bond motifs is 1. The van der Waals surface area contributed by atoms with Crippen LogP contribution >= 0.6 is 0 Å². The van der Waals surface area contributed by atoms with Crippen LogP contribution in [0, 0.1) is 0 Å². The molecular weight excluding hydrogens is 318 g/mol. The first-order chi connectivity index (χ1) is 10.9. The molecule has 122 valence electrons. The number of aromatic nitrogens is 2. The Labute approximate surface area is 134 Å². The fourth-order valence-corrected chi connectivity index (χ4v) is 3.97. The van der Waals surface area contributed by atoms with Crippen LogP contribution in [0.1, 0.15) is 11.1 Å². The molecule has 8 heteroatoms. The third-order valence-electron chi connectivity index (χ3n) is 3.94. The van der Waals surface area contributed by atoms with Crippen LogP contribution in [-0.4, -0.2) is 35.9 Å². The summed E-state index contributed by atoms with van der Waals surface area (Å²) in [4.78, 5) is 15.7. The van der Waals surface area contributed by atoms with E-state index in [1.54, 1.807) is 19.3 Å². The molecule has 3 heterocycles. The third kappa shape index (κ3) is 2.87. The normalized spacial score (nSPS) is 15.2. The first kappa shape index (κ1) is 15.7. The highest BCUT2D eigenvalue weighted by Crippen LogP contribution is 2.24. The Morgan fingerprint density at radius 1 is 1.26 bits per heavy atom. The molecule has 1 aliphatic rings. The number of ether oxygens (including phenoxy) is 1. The van der Waals surface area contributed by atoms with Gasteiger partial charge in [-0.05, 0) is 23.6 Å². The molecule has 0 atom stereocenters. The van der Waals surface area contributed by atoms with Gasteiger partial charge in [-0.3, -0.25) is 4.79 Å². The number of hydrogen-bond acceptors (Lipinski definition) is 5. The molecular formula is C15H17N3O4S. The van der Waals surface area contributed by atoms with Crippen molar-refractivity contribution in [2.45, 2.75) is 17.9 Å². The van der Waals surface area contributed by atoms with E-state index in [9.17, 15) is 13.2 Å². The van der Waals surface area contributed by atoms with Crippen LogP contribution in [-0.2, 0) is 30.0 Å². The fourth-order valence-electron chi connectivity index (χ4n) is 2.61. The van der Waals surface area contributed by atoms with Crippen molar-refractivity contribution < 1.29 is 13.2 Å². The van der Waals surface area contributed by atoms with E-state index in [0.717, 1.165) is 11.1 Å². The molecule has 2 aromatic heterocycles. The highest BCUT2D eigenvalue weighted by Gasteiger charge is 2.29. The third-order valence-corrected chi connectivity index (χ3v) is 5.77. The Bertz CT molecular complexity index is 888. The average molecular weight is 335 g/mol. The smallest absolute Gasteiger partial charge is 0.250 e. The summed E-state index contributed by atoms with van der Waals surface area (Å²) in [5.74, 6) is 0.364. The van der Waals surface area contributed by atoms with Crippen LogP contribution in [0.2, 0.25) is 0 Å². The van der Waals surface area contributed by atoms with Crippen molar-refractivity contribution in [3.63, 3.8) is 0 Å². The van der Waals surface area contributed by atoms with Crippen LogP contribution in [0.3, 0.4) is 0 Å². The Kier molecular flexibility index (Phi) is 3.95. The van der Waals surface area contributed by atoms with Gasteiger partial charge in [0.2, 0.25) is 15.9 Å². The lowest BCUT2D eigenvalue weighted by Crippen LogP contribution is -2.37. The van der Waals surface area contributed by atoms with E-state index in [1.807, 2.05) is 0 Å². The van der Waals surface area contributed by atoms with E-state index >= 15 is 0 Å². The molecule has 0 spiro atoms. The quantitative estimate of drug-likeness (QED) is 0.817. The Balaban J connectivity index is 1.92. The SMILES string of the molecule is COc1ccc(S(=O)(=O)N2CCc3cc(=O)n(C)cc3C2)cn1. The second kappa shape index (κ2) is 5.78.